The largest absolute Gasteiger partial charge is 0.502 e. The van der Waals surface area contributed by atoms with Crippen molar-refractivity contribution in [3.05, 3.63) is 35.6 Å². The zero-order valence-electron chi connectivity index (χ0n) is 7.60. The van der Waals surface area contributed by atoms with Gasteiger partial charge in [0.15, 0.2) is 0 Å². The van der Waals surface area contributed by atoms with Crippen LogP contribution in [0.3, 0.4) is 0 Å². The van der Waals surface area contributed by atoms with Crippen LogP contribution in [-0.2, 0) is 4.79 Å². The van der Waals surface area contributed by atoms with E-state index in [1.807, 2.05) is 18.4 Å². The van der Waals surface area contributed by atoms with Gasteiger partial charge in [0.05, 0.1) is 0 Å². The zero-order valence-corrected chi connectivity index (χ0v) is 8.41. The molecule has 1 rings (SSSR count). The summed E-state index contributed by atoms with van der Waals surface area (Å²) in [4.78, 5) is 11.4. The van der Waals surface area contributed by atoms with Crippen LogP contribution in [0.25, 0.3) is 6.08 Å². The lowest BCUT2D eigenvalue weighted by Crippen LogP contribution is -1.98. The molecule has 0 radical (unpaired) electrons. The smallest absolute Gasteiger partial charge is 0.370 e. The molecule has 74 valence electrons. The normalized spacial score (nSPS) is 11.4. The second-order valence-corrected chi connectivity index (χ2v) is 3.49. The lowest BCUT2D eigenvalue weighted by Gasteiger charge is -1.97. The summed E-state index contributed by atoms with van der Waals surface area (Å²) < 4.78 is 0. The topological polar surface area (TPSA) is 57.5 Å². The van der Waals surface area contributed by atoms with Crippen LogP contribution in [0.2, 0.25) is 0 Å². The van der Waals surface area contributed by atoms with Crippen LogP contribution in [0.4, 0.5) is 0 Å². The molecule has 0 bridgehead atoms. The fourth-order valence-corrected chi connectivity index (χ4v) is 1.33. The standard InChI is InChI=1S/C10H10O3S/c1-14-8-4-2-7(3-5-8)6-9(11)10(12)13/h2-6,11H,1H3,(H,12,13). The van der Waals surface area contributed by atoms with E-state index in [1.54, 1.807) is 23.9 Å². The fourth-order valence-electron chi connectivity index (χ4n) is 0.920. The average Bonchev–Trinajstić information content (AvgIpc) is 2.19. The third-order valence-corrected chi connectivity index (χ3v) is 2.38. The minimum absolute atomic E-state index is 0.651. The van der Waals surface area contributed by atoms with Crippen LogP contribution < -0.4 is 0 Å². The SMILES string of the molecule is CSc1ccc(C=C(O)C(=O)O)cc1. The highest BCUT2D eigenvalue weighted by Gasteiger charge is 2.02. The molecular formula is C10H10O3S. The Bertz CT molecular complexity index is 354. The lowest BCUT2D eigenvalue weighted by molar-refractivity contribution is -0.135. The maximum Gasteiger partial charge on any atom is 0.370 e. The molecule has 0 saturated heterocycles. The van der Waals surface area contributed by atoms with Gasteiger partial charge in [-0.05, 0) is 30.0 Å². The highest BCUT2D eigenvalue weighted by Crippen LogP contribution is 2.16. The number of carboxylic acid groups (broad SMARTS) is 1. The monoisotopic (exact) mass is 210 g/mol. The lowest BCUT2D eigenvalue weighted by atomic mass is 10.2. The van der Waals surface area contributed by atoms with Crippen LogP contribution >= 0.6 is 11.8 Å². The van der Waals surface area contributed by atoms with Gasteiger partial charge in [0.25, 0.3) is 0 Å². The molecule has 0 saturated carbocycles. The molecule has 14 heavy (non-hydrogen) atoms. The summed E-state index contributed by atoms with van der Waals surface area (Å²) in [5.74, 6) is -1.97. The van der Waals surface area contributed by atoms with Gasteiger partial charge < -0.3 is 10.2 Å². The van der Waals surface area contributed by atoms with Crippen LogP contribution in [0, 0.1) is 0 Å². The van der Waals surface area contributed by atoms with Crippen molar-refractivity contribution in [2.75, 3.05) is 6.26 Å². The van der Waals surface area contributed by atoms with Crippen molar-refractivity contribution in [3.63, 3.8) is 0 Å². The Hall–Kier alpha value is -1.42. The van der Waals surface area contributed by atoms with Crippen molar-refractivity contribution in [1.82, 2.24) is 0 Å². The maximum absolute atomic E-state index is 10.3. The fraction of sp³-hybridized carbons (Fsp3) is 0.100. The van der Waals surface area contributed by atoms with Gasteiger partial charge in [-0.2, -0.15) is 0 Å². The van der Waals surface area contributed by atoms with E-state index >= 15 is 0 Å². The molecule has 0 fully saturated rings. The predicted octanol–water partition coefficient (Wildman–Crippen LogP) is 2.39. The molecule has 0 aliphatic carbocycles. The molecule has 0 aromatic heterocycles. The molecule has 3 nitrogen and oxygen atoms in total. The van der Waals surface area contributed by atoms with E-state index in [1.165, 1.54) is 6.08 Å². The van der Waals surface area contributed by atoms with Gasteiger partial charge in [0.1, 0.15) is 0 Å². The van der Waals surface area contributed by atoms with Crippen LogP contribution in [0.5, 0.6) is 0 Å². The maximum atomic E-state index is 10.3. The van der Waals surface area contributed by atoms with Crippen molar-refractivity contribution in [2.45, 2.75) is 4.90 Å². The van der Waals surface area contributed by atoms with Gasteiger partial charge in [-0.25, -0.2) is 4.79 Å². The van der Waals surface area contributed by atoms with Gasteiger partial charge in [0, 0.05) is 4.90 Å². The van der Waals surface area contributed by atoms with Crippen molar-refractivity contribution in [2.24, 2.45) is 0 Å². The summed E-state index contributed by atoms with van der Waals surface area (Å²) >= 11 is 1.60. The van der Waals surface area contributed by atoms with E-state index in [0.29, 0.717) is 5.56 Å². The van der Waals surface area contributed by atoms with Crippen molar-refractivity contribution >= 4 is 23.8 Å². The highest BCUT2D eigenvalue weighted by molar-refractivity contribution is 7.98. The first-order valence-electron chi connectivity index (χ1n) is 3.91. The Balaban J connectivity index is 2.88. The van der Waals surface area contributed by atoms with Gasteiger partial charge >= 0.3 is 5.97 Å². The Kier molecular flexibility index (Phi) is 3.59. The predicted molar refractivity (Wildman–Crippen MR) is 56.5 cm³/mol. The molecule has 0 heterocycles. The molecule has 0 spiro atoms. The number of hydrogen-bond acceptors (Lipinski definition) is 3. The van der Waals surface area contributed by atoms with Crippen LogP contribution in [0.15, 0.2) is 34.9 Å². The minimum Gasteiger partial charge on any atom is -0.502 e. The summed E-state index contributed by atoms with van der Waals surface area (Å²) in [7, 11) is 0. The number of benzene rings is 1. The van der Waals surface area contributed by atoms with E-state index in [4.69, 9.17) is 10.2 Å². The summed E-state index contributed by atoms with van der Waals surface area (Å²) in [6, 6.07) is 7.24. The van der Waals surface area contributed by atoms with Gasteiger partial charge in [-0.15, -0.1) is 11.8 Å². The molecule has 0 unspecified atom stereocenters. The number of aliphatic carboxylic acids is 1. The van der Waals surface area contributed by atoms with Crippen molar-refractivity contribution in [1.29, 1.82) is 0 Å². The first kappa shape index (κ1) is 10.7. The first-order valence-corrected chi connectivity index (χ1v) is 5.14. The molecule has 0 amide bonds. The second kappa shape index (κ2) is 4.72. The highest BCUT2D eigenvalue weighted by atomic mass is 32.2. The number of hydrogen-bond donors (Lipinski definition) is 2. The molecule has 4 heteroatoms. The van der Waals surface area contributed by atoms with E-state index in [2.05, 4.69) is 0 Å². The second-order valence-electron chi connectivity index (χ2n) is 2.61. The molecule has 1 aromatic rings. The summed E-state index contributed by atoms with van der Waals surface area (Å²) in [5, 5.41) is 17.4. The Morgan fingerprint density at radius 1 is 1.29 bits per heavy atom. The van der Waals surface area contributed by atoms with Gasteiger partial charge in [-0.3, -0.25) is 0 Å². The Morgan fingerprint density at radius 3 is 2.29 bits per heavy atom. The zero-order chi connectivity index (χ0) is 10.6. The number of carboxylic acids is 1. The number of rotatable bonds is 3. The molecular weight excluding hydrogens is 200 g/mol. The van der Waals surface area contributed by atoms with E-state index in [9.17, 15) is 4.79 Å². The van der Waals surface area contributed by atoms with E-state index < -0.39 is 11.7 Å². The molecule has 2 N–H and O–H groups in total. The Morgan fingerprint density at radius 2 is 1.86 bits per heavy atom. The summed E-state index contributed by atoms with van der Waals surface area (Å²) in [6.45, 7) is 0. The van der Waals surface area contributed by atoms with E-state index in [-0.39, 0.29) is 0 Å². The molecule has 1 aromatic carbocycles. The summed E-state index contributed by atoms with van der Waals surface area (Å²) in [5.41, 5.74) is 0.669. The van der Waals surface area contributed by atoms with Crippen LogP contribution in [-0.4, -0.2) is 22.4 Å². The average molecular weight is 210 g/mol. The quantitative estimate of drug-likeness (QED) is 0.457. The van der Waals surface area contributed by atoms with E-state index in [0.717, 1.165) is 4.90 Å². The van der Waals surface area contributed by atoms with Crippen LogP contribution in [0.1, 0.15) is 5.56 Å². The number of aliphatic hydroxyl groups excluding tert-OH is 1. The van der Waals surface area contributed by atoms with Crippen molar-refractivity contribution in [3.8, 4) is 0 Å². The number of carbonyl (C=O) groups is 1. The molecule has 0 aliphatic heterocycles. The molecule has 0 aliphatic rings. The third kappa shape index (κ3) is 2.81. The third-order valence-electron chi connectivity index (χ3n) is 1.64. The number of thioether (sulfide) groups is 1. The first-order chi connectivity index (χ1) is 6.63. The van der Waals surface area contributed by atoms with Gasteiger partial charge in [-0.1, -0.05) is 12.1 Å². The van der Waals surface area contributed by atoms with Gasteiger partial charge in [0.2, 0.25) is 5.76 Å². The minimum atomic E-state index is -1.32. The number of aliphatic hydroxyl groups is 1. The molecule has 0 atom stereocenters. The van der Waals surface area contributed by atoms with Crippen molar-refractivity contribution < 1.29 is 15.0 Å². The Labute approximate surface area is 86.1 Å². The summed E-state index contributed by atoms with van der Waals surface area (Å²) in [6.07, 6.45) is 3.17.